The highest BCUT2D eigenvalue weighted by Gasteiger charge is 2.09. The first-order valence-electron chi connectivity index (χ1n) is 6.20. The van der Waals surface area contributed by atoms with Crippen LogP contribution in [0.25, 0.3) is 0 Å². The van der Waals surface area contributed by atoms with Crippen molar-refractivity contribution < 1.29 is 14.1 Å². The lowest BCUT2D eigenvalue weighted by Crippen LogP contribution is -2.08. The Labute approximate surface area is 116 Å². The molecule has 0 amide bonds. The van der Waals surface area contributed by atoms with Crippen LogP contribution in [-0.2, 0) is 11.3 Å². The van der Waals surface area contributed by atoms with Gasteiger partial charge in [-0.3, -0.25) is 0 Å². The van der Waals surface area contributed by atoms with E-state index in [4.69, 9.17) is 15.0 Å². The van der Waals surface area contributed by atoms with E-state index in [1.807, 2.05) is 0 Å². The van der Waals surface area contributed by atoms with E-state index in [9.17, 15) is 4.79 Å². The van der Waals surface area contributed by atoms with Crippen LogP contribution in [0.4, 0.5) is 11.4 Å². The van der Waals surface area contributed by atoms with Crippen LogP contribution in [0, 0.1) is 6.92 Å². The number of hydrogen-bond acceptors (Lipinski definition) is 7. The Kier molecular flexibility index (Phi) is 4.19. The first-order chi connectivity index (χ1) is 9.60. The number of nitrogen functional groups attached to an aromatic ring is 1. The van der Waals surface area contributed by atoms with Gasteiger partial charge in [0.25, 0.3) is 0 Å². The molecule has 7 heteroatoms. The maximum absolute atomic E-state index is 11.6. The van der Waals surface area contributed by atoms with Gasteiger partial charge in [-0.2, -0.15) is 4.98 Å². The maximum Gasteiger partial charge on any atom is 0.338 e. The normalized spacial score (nSPS) is 10.3. The van der Waals surface area contributed by atoms with Crippen molar-refractivity contribution in [2.45, 2.75) is 20.4 Å². The number of anilines is 2. The van der Waals surface area contributed by atoms with E-state index in [1.54, 1.807) is 32.0 Å². The Balaban J connectivity index is 2.04. The zero-order valence-corrected chi connectivity index (χ0v) is 11.3. The van der Waals surface area contributed by atoms with Crippen molar-refractivity contribution >= 4 is 17.3 Å². The van der Waals surface area contributed by atoms with Crippen LogP contribution in [0.15, 0.2) is 22.7 Å². The van der Waals surface area contributed by atoms with Crippen LogP contribution >= 0.6 is 0 Å². The summed E-state index contributed by atoms with van der Waals surface area (Å²) in [5.41, 5.74) is 7.46. The number of aryl methyl sites for hydroxylation is 1. The number of benzene rings is 1. The minimum atomic E-state index is -0.389. The topological polar surface area (TPSA) is 103 Å². The molecule has 0 unspecified atom stereocenters. The van der Waals surface area contributed by atoms with Gasteiger partial charge >= 0.3 is 5.97 Å². The fourth-order valence-electron chi connectivity index (χ4n) is 1.65. The first kappa shape index (κ1) is 13.9. The number of nitrogens with one attached hydrogen (secondary N) is 1. The third-order valence-corrected chi connectivity index (χ3v) is 2.57. The fraction of sp³-hybridized carbons (Fsp3) is 0.308. The molecule has 2 rings (SSSR count). The van der Waals surface area contributed by atoms with Crippen molar-refractivity contribution in [1.29, 1.82) is 0 Å². The first-order valence-corrected chi connectivity index (χ1v) is 6.20. The highest BCUT2D eigenvalue weighted by Crippen LogP contribution is 2.21. The van der Waals surface area contributed by atoms with Gasteiger partial charge in [-0.15, -0.1) is 0 Å². The summed E-state index contributed by atoms with van der Waals surface area (Å²) >= 11 is 0. The summed E-state index contributed by atoms with van der Waals surface area (Å²) in [5.74, 6) is 0.656. The van der Waals surface area contributed by atoms with Crippen molar-refractivity contribution in [3.8, 4) is 0 Å². The predicted octanol–water partition coefficient (Wildman–Crippen LogP) is 1.75. The molecule has 0 saturated carbocycles. The molecular weight excluding hydrogens is 260 g/mol. The molecule has 1 aromatic carbocycles. The van der Waals surface area contributed by atoms with Gasteiger partial charge in [-0.1, -0.05) is 5.16 Å². The number of esters is 1. The van der Waals surface area contributed by atoms with E-state index < -0.39 is 0 Å². The van der Waals surface area contributed by atoms with Crippen LogP contribution in [0.3, 0.4) is 0 Å². The van der Waals surface area contributed by atoms with Gasteiger partial charge in [0.2, 0.25) is 5.89 Å². The van der Waals surface area contributed by atoms with Gasteiger partial charge in [-0.05, 0) is 25.1 Å². The molecular formula is C13H16N4O3. The van der Waals surface area contributed by atoms with Crippen LogP contribution in [0.5, 0.6) is 0 Å². The van der Waals surface area contributed by atoms with E-state index in [2.05, 4.69) is 15.5 Å². The summed E-state index contributed by atoms with van der Waals surface area (Å²) in [6.07, 6.45) is 0. The summed E-state index contributed by atoms with van der Waals surface area (Å²) in [6, 6.07) is 4.94. The van der Waals surface area contributed by atoms with Crippen molar-refractivity contribution in [3.63, 3.8) is 0 Å². The largest absolute Gasteiger partial charge is 0.462 e. The number of rotatable bonds is 5. The van der Waals surface area contributed by atoms with Crippen molar-refractivity contribution in [1.82, 2.24) is 10.1 Å². The highest BCUT2D eigenvalue weighted by molar-refractivity contribution is 5.91. The highest BCUT2D eigenvalue weighted by atomic mass is 16.5. The van der Waals surface area contributed by atoms with Gasteiger partial charge in [0.1, 0.15) is 0 Å². The van der Waals surface area contributed by atoms with E-state index in [0.29, 0.717) is 41.8 Å². The zero-order valence-electron chi connectivity index (χ0n) is 11.3. The second-order valence-corrected chi connectivity index (χ2v) is 4.11. The van der Waals surface area contributed by atoms with E-state index in [0.717, 1.165) is 0 Å². The Morgan fingerprint density at radius 1 is 1.50 bits per heavy atom. The Morgan fingerprint density at radius 2 is 2.30 bits per heavy atom. The molecule has 20 heavy (non-hydrogen) atoms. The number of aromatic nitrogens is 2. The minimum absolute atomic E-state index is 0.329. The van der Waals surface area contributed by atoms with E-state index >= 15 is 0 Å². The number of ether oxygens (including phenoxy) is 1. The molecule has 0 fully saturated rings. The predicted molar refractivity (Wildman–Crippen MR) is 73.2 cm³/mol. The van der Waals surface area contributed by atoms with E-state index in [-0.39, 0.29) is 5.97 Å². The lowest BCUT2D eigenvalue weighted by Gasteiger charge is -2.09. The molecule has 3 N–H and O–H groups in total. The molecule has 0 bridgehead atoms. The molecule has 0 saturated heterocycles. The molecule has 0 aliphatic heterocycles. The van der Waals surface area contributed by atoms with Gasteiger partial charge in [0.05, 0.1) is 30.1 Å². The van der Waals surface area contributed by atoms with Crippen molar-refractivity contribution in [2.24, 2.45) is 0 Å². The van der Waals surface area contributed by atoms with Crippen molar-refractivity contribution in [2.75, 3.05) is 17.7 Å². The Morgan fingerprint density at radius 3 is 2.90 bits per heavy atom. The molecule has 0 aliphatic rings. The molecule has 0 aliphatic carbocycles. The zero-order chi connectivity index (χ0) is 14.5. The fourth-order valence-corrected chi connectivity index (χ4v) is 1.65. The number of hydrogen-bond donors (Lipinski definition) is 2. The van der Waals surface area contributed by atoms with Gasteiger partial charge < -0.3 is 20.3 Å². The smallest absolute Gasteiger partial charge is 0.338 e. The summed E-state index contributed by atoms with van der Waals surface area (Å²) in [5, 5.41) is 6.85. The number of nitrogens with zero attached hydrogens (tertiary/aromatic N) is 2. The summed E-state index contributed by atoms with van der Waals surface area (Å²) < 4.78 is 9.77. The monoisotopic (exact) mass is 276 g/mol. The summed E-state index contributed by atoms with van der Waals surface area (Å²) in [7, 11) is 0. The third-order valence-electron chi connectivity index (χ3n) is 2.57. The SMILES string of the molecule is CCOC(=O)c1ccc(NCc2noc(C)n2)c(N)c1. The van der Waals surface area contributed by atoms with Crippen LogP contribution in [0.2, 0.25) is 0 Å². The summed E-state index contributed by atoms with van der Waals surface area (Å²) in [4.78, 5) is 15.6. The minimum Gasteiger partial charge on any atom is -0.462 e. The van der Waals surface area contributed by atoms with Gasteiger partial charge in [-0.25, -0.2) is 4.79 Å². The molecule has 106 valence electrons. The third kappa shape index (κ3) is 3.25. The average Bonchev–Trinajstić information content (AvgIpc) is 2.83. The van der Waals surface area contributed by atoms with Crippen LogP contribution < -0.4 is 11.1 Å². The van der Waals surface area contributed by atoms with Crippen molar-refractivity contribution in [3.05, 3.63) is 35.5 Å². The van der Waals surface area contributed by atoms with Crippen LogP contribution in [0.1, 0.15) is 29.0 Å². The average molecular weight is 276 g/mol. The number of nitrogens with two attached hydrogens (primary N) is 1. The quantitative estimate of drug-likeness (QED) is 0.633. The molecule has 1 aromatic heterocycles. The Bertz CT molecular complexity index is 609. The van der Waals surface area contributed by atoms with Gasteiger partial charge in [0.15, 0.2) is 5.82 Å². The van der Waals surface area contributed by atoms with E-state index in [1.165, 1.54) is 0 Å². The lowest BCUT2D eigenvalue weighted by molar-refractivity contribution is 0.0526. The molecule has 0 atom stereocenters. The molecule has 0 radical (unpaired) electrons. The molecule has 1 heterocycles. The van der Waals surface area contributed by atoms with Gasteiger partial charge in [0, 0.05) is 6.92 Å². The molecule has 0 spiro atoms. The number of carbonyl (C=O) groups is 1. The standard InChI is InChI=1S/C13H16N4O3/c1-3-19-13(18)9-4-5-11(10(14)6-9)15-7-12-16-8(2)20-17-12/h4-6,15H,3,7,14H2,1-2H3. The molecule has 2 aromatic rings. The van der Waals surface area contributed by atoms with Crippen LogP contribution in [-0.4, -0.2) is 22.7 Å². The Hall–Kier alpha value is -2.57. The number of carbonyl (C=O) groups excluding carboxylic acids is 1. The maximum atomic E-state index is 11.6. The second-order valence-electron chi connectivity index (χ2n) is 4.11. The second kappa shape index (κ2) is 6.05. The molecule has 7 nitrogen and oxygen atoms in total. The summed E-state index contributed by atoms with van der Waals surface area (Å²) in [6.45, 7) is 4.19. The lowest BCUT2D eigenvalue weighted by atomic mass is 10.1.